The molecule has 1 aliphatic heterocycles. The number of imidazole rings is 1. The highest BCUT2D eigenvalue weighted by Crippen LogP contribution is 2.47. The number of anilines is 1. The second-order valence-electron chi connectivity index (χ2n) is 14.9. The minimum Gasteiger partial charge on any atom is -0.340 e. The third-order valence-electron chi connectivity index (χ3n) is 11.1. The van der Waals surface area contributed by atoms with E-state index in [4.69, 9.17) is 4.98 Å². The van der Waals surface area contributed by atoms with Gasteiger partial charge in [0.25, 0.3) is 0 Å². The zero-order chi connectivity index (χ0) is 36.1. The monoisotopic (exact) mass is 688 g/mol. The van der Waals surface area contributed by atoms with Gasteiger partial charge in [-0.3, -0.25) is 4.40 Å². The van der Waals surface area contributed by atoms with Crippen molar-refractivity contribution >= 4 is 33.0 Å². The van der Waals surface area contributed by atoms with Gasteiger partial charge in [0.2, 0.25) is 0 Å². The third kappa shape index (κ3) is 5.23. The van der Waals surface area contributed by atoms with Crippen LogP contribution >= 0.6 is 0 Å². The highest BCUT2D eigenvalue weighted by Gasteiger charge is 2.43. The third-order valence-corrected chi connectivity index (χ3v) is 11.1. The Kier molecular flexibility index (Phi) is 8.11. The number of nitrogens with zero attached hydrogens (tertiary/aromatic N) is 4. The van der Waals surface area contributed by atoms with E-state index in [1.165, 1.54) is 55.4 Å². The Labute approximate surface area is 312 Å². The maximum atomic E-state index is 5.32. The molecule has 1 aliphatic rings. The highest BCUT2D eigenvalue weighted by molar-refractivity contribution is 6.12. The molecule has 0 bridgehead atoms. The molecule has 9 rings (SSSR count). The minimum absolute atomic E-state index is 0.369. The van der Waals surface area contributed by atoms with Gasteiger partial charge in [0.15, 0.2) is 0 Å². The van der Waals surface area contributed by atoms with Crippen molar-refractivity contribution in [3.63, 3.8) is 0 Å². The molecule has 260 valence electrons. The maximum absolute atomic E-state index is 5.32. The maximum Gasteiger partial charge on any atom is 0.145 e. The molecule has 0 saturated heterocycles. The standard InChI is InChI=1S/C49H44N4/c1-34(2)40-24-16-25-41(35(3)4)47(40)46-32-50-48-44-31-38(27-28-42(44)43-23-14-15-26-45(43)53(46)48)49(36-17-8-5-9-18-36,37-19-10-6-11-20-37)52-30-29-51(33-52)39-21-12-7-13-22-39/h5-32,34-35H,33H2,1-4H3. The molecule has 0 radical (unpaired) electrons. The topological polar surface area (TPSA) is 23.8 Å². The van der Waals surface area contributed by atoms with Gasteiger partial charge in [0.1, 0.15) is 11.2 Å². The van der Waals surface area contributed by atoms with E-state index in [9.17, 15) is 0 Å². The Morgan fingerprint density at radius 3 is 1.79 bits per heavy atom. The first-order valence-electron chi connectivity index (χ1n) is 18.8. The molecule has 6 aromatic carbocycles. The van der Waals surface area contributed by atoms with Crippen molar-refractivity contribution in [2.75, 3.05) is 11.6 Å². The molecule has 4 nitrogen and oxygen atoms in total. The number of benzene rings is 6. The van der Waals surface area contributed by atoms with Crippen LogP contribution in [0.5, 0.6) is 0 Å². The number of rotatable bonds is 8. The number of aromatic nitrogens is 2. The molecule has 4 heteroatoms. The van der Waals surface area contributed by atoms with E-state index < -0.39 is 5.54 Å². The lowest BCUT2D eigenvalue weighted by Crippen LogP contribution is -2.46. The van der Waals surface area contributed by atoms with Gasteiger partial charge in [0, 0.05) is 34.4 Å². The highest BCUT2D eigenvalue weighted by atomic mass is 15.4. The van der Waals surface area contributed by atoms with Gasteiger partial charge in [-0.1, -0.05) is 155 Å². The first kappa shape index (κ1) is 32.8. The first-order chi connectivity index (χ1) is 26.0. The van der Waals surface area contributed by atoms with E-state index in [1.54, 1.807) is 0 Å². The zero-order valence-electron chi connectivity index (χ0n) is 30.8. The molecule has 0 spiro atoms. The molecular weight excluding hydrogens is 645 g/mol. The molecule has 2 aromatic heterocycles. The number of fused-ring (bicyclic) bond motifs is 6. The lowest BCUT2D eigenvalue weighted by Gasteiger charge is -2.44. The average Bonchev–Trinajstić information content (AvgIpc) is 3.88. The lowest BCUT2D eigenvalue weighted by molar-refractivity contribution is 0.251. The predicted octanol–water partition coefficient (Wildman–Crippen LogP) is 12.1. The summed E-state index contributed by atoms with van der Waals surface area (Å²) >= 11 is 0. The number of pyridine rings is 1. The van der Waals surface area contributed by atoms with Gasteiger partial charge in [-0.2, -0.15) is 0 Å². The van der Waals surface area contributed by atoms with Crippen molar-refractivity contribution in [3.8, 4) is 11.3 Å². The Hall–Kier alpha value is -6.13. The predicted molar refractivity (Wildman–Crippen MR) is 221 cm³/mol. The van der Waals surface area contributed by atoms with Crippen LogP contribution in [0.1, 0.15) is 67.3 Å². The number of para-hydroxylation sites is 2. The van der Waals surface area contributed by atoms with E-state index in [0.29, 0.717) is 18.5 Å². The Bertz CT molecular complexity index is 2540. The SMILES string of the molecule is CC(C)c1cccc(C(C)C)c1-c1cnc2c3cc(C(c4ccccc4)(c4ccccc4)N4C=CN(c5ccccc5)C4)ccc3c3ccccc3n12. The molecule has 0 N–H and O–H groups in total. The largest absolute Gasteiger partial charge is 0.340 e. The van der Waals surface area contributed by atoms with Crippen LogP contribution in [0.25, 0.3) is 38.6 Å². The van der Waals surface area contributed by atoms with Crippen molar-refractivity contribution in [3.05, 3.63) is 198 Å². The van der Waals surface area contributed by atoms with Crippen LogP contribution in [0.2, 0.25) is 0 Å². The Morgan fingerprint density at radius 1 is 0.547 bits per heavy atom. The summed E-state index contributed by atoms with van der Waals surface area (Å²) in [5, 5.41) is 3.56. The van der Waals surface area contributed by atoms with Crippen molar-refractivity contribution in [2.45, 2.75) is 45.1 Å². The van der Waals surface area contributed by atoms with Gasteiger partial charge in [-0.05, 0) is 69.3 Å². The van der Waals surface area contributed by atoms with E-state index in [1.807, 2.05) is 0 Å². The van der Waals surface area contributed by atoms with Crippen molar-refractivity contribution < 1.29 is 0 Å². The number of hydrogen-bond donors (Lipinski definition) is 0. The van der Waals surface area contributed by atoms with Crippen LogP contribution in [0, 0.1) is 0 Å². The van der Waals surface area contributed by atoms with Crippen LogP contribution in [0.3, 0.4) is 0 Å². The van der Waals surface area contributed by atoms with Crippen LogP contribution in [-0.4, -0.2) is 21.0 Å². The molecule has 0 fully saturated rings. The summed E-state index contributed by atoms with van der Waals surface area (Å²) in [7, 11) is 0. The summed E-state index contributed by atoms with van der Waals surface area (Å²) in [6.07, 6.45) is 6.59. The van der Waals surface area contributed by atoms with Crippen LogP contribution in [0.4, 0.5) is 5.69 Å². The van der Waals surface area contributed by atoms with Gasteiger partial charge in [-0.25, -0.2) is 4.98 Å². The lowest BCUT2D eigenvalue weighted by atomic mass is 9.75. The van der Waals surface area contributed by atoms with Crippen molar-refractivity contribution in [1.29, 1.82) is 0 Å². The second-order valence-corrected chi connectivity index (χ2v) is 14.9. The smallest absolute Gasteiger partial charge is 0.145 e. The molecule has 0 saturated carbocycles. The van der Waals surface area contributed by atoms with E-state index in [0.717, 1.165) is 16.7 Å². The summed E-state index contributed by atoms with van der Waals surface area (Å²) in [5.74, 6) is 0.739. The zero-order valence-corrected chi connectivity index (χ0v) is 30.8. The fourth-order valence-electron chi connectivity index (χ4n) is 8.68. The Morgan fingerprint density at radius 2 is 1.15 bits per heavy atom. The molecule has 0 aliphatic carbocycles. The summed E-state index contributed by atoms with van der Waals surface area (Å²) in [6.45, 7) is 9.88. The molecule has 0 unspecified atom stereocenters. The molecule has 0 amide bonds. The second kappa shape index (κ2) is 13.1. The van der Waals surface area contributed by atoms with E-state index >= 15 is 0 Å². The summed E-state index contributed by atoms with van der Waals surface area (Å²) < 4.78 is 2.42. The Balaban J connectivity index is 1.35. The van der Waals surface area contributed by atoms with Gasteiger partial charge in [0.05, 0.1) is 24.1 Å². The normalized spacial score (nSPS) is 13.4. The number of hydrogen-bond acceptors (Lipinski definition) is 3. The quantitative estimate of drug-likeness (QED) is 0.117. The fourth-order valence-corrected chi connectivity index (χ4v) is 8.68. The van der Waals surface area contributed by atoms with Crippen LogP contribution < -0.4 is 4.90 Å². The first-order valence-corrected chi connectivity index (χ1v) is 18.8. The summed E-state index contributed by atoms with van der Waals surface area (Å²) in [5.41, 5.74) is 11.4. The van der Waals surface area contributed by atoms with Crippen molar-refractivity contribution in [2.24, 2.45) is 0 Å². The fraction of sp³-hybridized carbons (Fsp3) is 0.163. The average molecular weight is 689 g/mol. The van der Waals surface area contributed by atoms with E-state index in [-0.39, 0.29) is 0 Å². The molecule has 3 heterocycles. The molecule has 8 aromatic rings. The minimum atomic E-state index is -0.635. The summed E-state index contributed by atoms with van der Waals surface area (Å²) in [4.78, 5) is 10.1. The van der Waals surface area contributed by atoms with Gasteiger partial charge in [-0.15, -0.1) is 0 Å². The van der Waals surface area contributed by atoms with Gasteiger partial charge >= 0.3 is 0 Å². The summed E-state index contributed by atoms with van der Waals surface area (Å²) in [6, 6.07) is 55.3. The van der Waals surface area contributed by atoms with Crippen LogP contribution in [-0.2, 0) is 5.54 Å². The molecule has 53 heavy (non-hydrogen) atoms. The molecular formula is C49H44N4. The van der Waals surface area contributed by atoms with E-state index in [2.05, 4.69) is 212 Å². The van der Waals surface area contributed by atoms with Gasteiger partial charge < -0.3 is 9.80 Å². The van der Waals surface area contributed by atoms with Crippen LogP contribution in [0.15, 0.2) is 170 Å². The molecule has 0 atom stereocenters. The van der Waals surface area contributed by atoms with Crippen molar-refractivity contribution in [1.82, 2.24) is 14.3 Å².